The first kappa shape index (κ1) is 25.9. The monoisotopic (exact) mass is 527 g/mol. The fourth-order valence-electron chi connectivity index (χ4n) is 4.09. The minimum absolute atomic E-state index is 0.185. The first-order valence-electron chi connectivity index (χ1n) is 11.5. The highest BCUT2D eigenvalue weighted by atomic mass is 32.2. The zero-order chi connectivity index (χ0) is 25.9. The van der Waals surface area contributed by atoms with E-state index < -0.39 is 20.0 Å². The van der Waals surface area contributed by atoms with E-state index in [0.29, 0.717) is 11.3 Å². The van der Waals surface area contributed by atoms with E-state index >= 15 is 0 Å². The van der Waals surface area contributed by atoms with Crippen LogP contribution < -0.4 is 4.31 Å². The van der Waals surface area contributed by atoms with Gasteiger partial charge in [0.05, 0.1) is 23.4 Å². The van der Waals surface area contributed by atoms with E-state index in [1.54, 1.807) is 53.4 Å². The topological polar surface area (TPSA) is 95.1 Å². The Hall–Kier alpha value is -3.21. The van der Waals surface area contributed by atoms with Crippen LogP contribution in [0, 0.1) is 6.92 Å². The number of nitrogens with zero attached hydrogens (tertiary/aromatic N) is 3. The van der Waals surface area contributed by atoms with Gasteiger partial charge in [0.25, 0.3) is 5.91 Å². The van der Waals surface area contributed by atoms with Gasteiger partial charge in [0.2, 0.25) is 20.0 Å². The highest BCUT2D eigenvalue weighted by Crippen LogP contribution is 2.23. The number of rotatable bonds is 7. The lowest BCUT2D eigenvalue weighted by Gasteiger charge is -2.34. The van der Waals surface area contributed by atoms with Crippen LogP contribution >= 0.6 is 0 Å². The molecule has 0 atom stereocenters. The van der Waals surface area contributed by atoms with E-state index in [1.165, 1.54) is 8.61 Å². The van der Waals surface area contributed by atoms with Crippen LogP contribution in [0.1, 0.15) is 21.5 Å². The maximum atomic E-state index is 13.1. The van der Waals surface area contributed by atoms with Gasteiger partial charge in [-0.25, -0.2) is 16.8 Å². The van der Waals surface area contributed by atoms with E-state index in [-0.39, 0.29) is 43.5 Å². The number of carbonyl (C=O) groups excluding carboxylic acids is 1. The first-order chi connectivity index (χ1) is 17.1. The fourth-order valence-corrected chi connectivity index (χ4v) is 6.40. The largest absolute Gasteiger partial charge is 0.336 e. The van der Waals surface area contributed by atoms with Crippen molar-refractivity contribution in [1.82, 2.24) is 9.21 Å². The lowest BCUT2D eigenvalue weighted by Crippen LogP contribution is -2.50. The molecule has 1 aliphatic heterocycles. The van der Waals surface area contributed by atoms with E-state index in [9.17, 15) is 21.6 Å². The third-order valence-electron chi connectivity index (χ3n) is 6.16. The predicted molar refractivity (Wildman–Crippen MR) is 140 cm³/mol. The van der Waals surface area contributed by atoms with Crippen LogP contribution in [0.3, 0.4) is 0 Å². The molecule has 0 aliphatic carbocycles. The molecule has 1 heterocycles. The van der Waals surface area contributed by atoms with Crippen molar-refractivity contribution in [3.63, 3.8) is 0 Å². The number of hydrogen-bond acceptors (Lipinski definition) is 5. The van der Waals surface area contributed by atoms with Crippen LogP contribution in [0.5, 0.6) is 0 Å². The van der Waals surface area contributed by atoms with Gasteiger partial charge in [-0.2, -0.15) is 4.31 Å². The molecule has 0 bridgehead atoms. The lowest BCUT2D eigenvalue weighted by atomic mass is 10.1. The molecule has 1 amide bonds. The van der Waals surface area contributed by atoms with Crippen molar-refractivity contribution >= 4 is 31.6 Å². The molecule has 0 saturated carbocycles. The van der Waals surface area contributed by atoms with Crippen molar-refractivity contribution < 1.29 is 21.6 Å². The Morgan fingerprint density at radius 1 is 0.806 bits per heavy atom. The molecule has 1 aliphatic rings. The smallest absolute Gasteiger partial charge is 0.253 e. The average Bonchev–Trinajstić information content (AvgIpc) is 2.87. The maximum Gasteiger partial charge on any atom is 0.253 e. The number of anilines is 1. The second-order valence-corrected chi connectivity index (χ2v) is 12.7. The molecule has 1 fully saturated rings. The SMILES string of the molecule is Cc1ccc(S(=O)(=O)N2CCN(C(=O)c3ccc(N(Cc4ccccc4)S(C)(=O)=O)cc3)CC2)cc1. The Bertz CT molecular complexity index is 1420. The summed E-state index contributed by atoms with van der Waals surface area (Å²) < 4.78 is 53.4. The molecule has 36 heavy (non-hydrogen) atoms. The third-order valence-corrected chi connectivity index (χ3v) is 9.21. The van der Waals surface area contributed by atoms with E-state index in [0.717, 1.165) is 17.4 Å². The maximum absolute atomic E-state index is 13.1. The number of sulfonamides is 2. The summed E-state index contributed by atoms with van der Waals surface area (Å²) in [5.74, 6) is -0.220. The summed E-state index contributed by atoms with van der Waals surface area (Å²) in [5, 5.41) is 0. The van der Waals surface area contributed by atoms with Crippen molar-refractivity contribution in [3.05, 3.63) is 95.6 Å². The number of piperazine rings is 1. The van der Waals surface area contributed by atoms with Crippen LogP contribution in [0.25, 0.3) is 0 Å². The first-order valence-corrected chi connectivity index (χ1v) is 14.8. The molecule has 3 aromatic rings. The molecule has 0 unspecified atom stereocenters. The molecule has 4 rings (SSSR count). The highest BCUT2D eigenvalue weighted by Gasteiger charge is 2.30. The van der Waals surface area contributed by atoms with Gasteiger partial charge in [0, 0.05) is 31.7 Å². The van der Waals surface area contributed by atoms with Crippen molar-refractivity contribution in [1.29, 1.82) is 0 Å². The van der Waals surface area contributed by atoms with Crippen LogP contribution in [0.2, 0.25) is 0 Å². The van der Waals surface area contributed by atoms with Gasteiger partial charge in [-0.1, -0.05) is 48.0 Å². The van der Waals surface area contributed by atoms with Crippen LogP contribution in [-0.2, 0) is 26.6 Å². The number of carbonyl (C=O) groups is 1. The number of aryl methyl sites for hydroxylation is 1. The molecule has 0 radical (unpaired) electrons. The zero-order valence-corrected chi connectivity index (χ0v) is 21.9. The third kappa shape index (κ3) is 5.77. The van der Waals surface area contributed by atoms with Gasteiger partial charge in [-0.15, -0.1) is 0 Å². The van der Waals surface area contributed by atoms with Crippen molar-refractivity contribution in [2.24, 2.45) is 0 Å². The van der Waals surface area contributed by atoms with Gasteiger partial charge >= 0.3 is 0 Å². The van der Waals surface area contributed by atoms with E-state index in [4.69, 9.17) is 0 Å². The van der Waals surface area contributed by atoms with Gasteiger partial charge in [-0.3, -0.25) is 9.10 Å². The fraction of sp³-hybridized carbons (Fsp3) is 0.269. The standard InChI is InChI=1S/C26H29N3O5S2/c1-21-8-14-25(15-9-21)36(33,34)28-18-16-27(17-19-28)26(30)23-10-12-24(13-11-23)29(35(2,31)32)20-22-6-4-3-5-7-22/h3-15H,16-20H2,1-2H3. The summed E-state index contributed by atoms with van der Waals surface area (Å²) in [7, 11) is -7.15. The van der Waals surface area contributed by atoms with E-state index in [2.05, 4.69) is 0 Å². The summed E-state index contributed by atoms with van der Waals surface area (Å²) >= 11 is 0. The lowest BCUT2D eigenvalue weighted by molar-refractivity contribution is 0.0698. The van der Waals surface area contributed by atoms with Gasteiger partial charge in [-0.05, 0) is 48.9 Å². The molecular formula is C26H29N3O5S2. The quantitative estimate of drug-likeness (QED) is 0.471. The number of benzene rings is 3. The molecule has 0 spiro atoms. The highest BCUT2D eigenvalue weighted by molar-refractivity contribution is 7.92. The second kappa shape index (κ2) is 10.4. The Labute approximate surface area is 212 Å². The predicted octanol–water partition coefficient (Wildman–Crippen LogP) is 3.11. The molecule has 3 aromatic carbocycles. The zero-order valence-electron chi connectivity index (χ0n) is 20.2. The second-order valence-electron chi connectivity index (χ2n) is 8.81. The van der Waals surface area contributed by atoms with Gasteiger partial charge < -0.3 is 4.90 Å². The minimum Gasteiger partial charge on any atom is -0.336 e. The summed E-state index contributed by atoms with van der Waals surface area (Å²) in [6.45, 7) is 3.04. The number of amides is 1. The van der Waals surface area contributed by atoms with Crippen molar-refractivity contribution in [2.75, 3.05) is 36.7 Å². The molecule has 190 valence electrons. The summed E-state index contributed by atoms with van der Waals surface area (Å²) in [6.07, 6.45) is 1.15. The Balaban J connectivity index is 1.43. The molecular weight excluding hydrogens is 498 g/mol. The average molecular weight is 528 g/mol. The summed E-state index contributed by atoms with van der Waals surface area (Å²) in [4.78, 5) is 14.9. The number of hydrogen-bond donors (Lipinski definition) is 0. The Morgan fingerprint density at radius 3 is 1.94 bits per heavy atom. The molecule has 0 aromatic heterocycles. The normalized spacial score (nSPS) is 15.0. The molecule has 8 nitrogen and oxygen atoms in total. The molecule has 1 saturated heterocycles. The van der Waals surface area contributed by atoms with Crippen LogP contribution in [0.4, 0.5) is 5.69 Å². The van der Waals surface area contributed by atoms with Gasteiger partial charge in [0.15, 0.2) is 0 Å². The minimum atomic E-state index is -3.61. The Morgan fingerprint density at radius 2 is 1.39 bits per heavy atom. The molecule has 0 N–H and O–H groups in total. The van der Waals surface area contributed by atoms with Gasteiger partial charge in [0.1, 0.15) is 0 Å². The van der Waals surface area contributed by atoms with Crippen LogP contribution in [0.15, 0.2) is 83.8 Å². The summed E-state index contributed by atoms with van der Waals surface area (Å²) in [5.41, 5.74) is 2.71. The Kier molecular flexibility index (Phi) is 7.49. The summed E-state index contributed by atoms with van der Waals surface area (Å²) in [6, 6.07) is 22.5. The molecule has 10 heteroatoms. The van der Waals surface area contributed by atoms with Crippen LogP contribution in [-0.4, -0.2) is 64.4 Å². The van der Waals surface area contributed by atoms with Crippen molar-refractivity contribution in [2.45, 2.75) is 18.4 Å². The van der Waals surface area contributed by atoms with E-state index in [1.807, 2.05) is 37.3 Å². The van der Waals surface area contributed by atoms with Crippen molar-refractivity contribution in [3.8, 4) is 0 Å².